The predicted octanol–water partition coefficient (Wildman–Crippen LogP) is 3.53. The van der Waals surface area contributed by atoms with Gasteiger partial charge < -0.3 is 4.90 Å². The van der Waals surface area contributed by atoms with Gasteiger partial charge in [-0.05, 0) is 25.1 Å². The third-order valence-electron chi connectivity index (χ3n) is 3.34. The summed E-state index contributed by atoms with van der Waals surface area (Å²) in [6.07, 6.45) is 0. The number of nitro benzene ring substituents is 2. The zero-order valence-electron chi connectivity index (χ0n) is 12.0. The summed E-state index contributed by atoms with van der Waals surface area (Å²) in [5, 5.41) is 21.9. The summed E-state index contributed by atoms with van der Waals surface area (Å²) in [5.41, 5.74) is 0.876. The molecule has 2 aromatic rings. The molecule has 0 unspecified atom stereocenters. The van der Waals surface area contributed by atoms with E-state index in [2.05, 4.69) is 0 Å². The van der Waals surface area contributed by atoms with Gasteiger partial charge in [0.1, 0.15) is 0 Å². The number of hydrogen-bond acceptors (Lipinski definition) is 5. The van der Waals surface area contributed by atoms with E-state index in [1.54, 1.807) is 0 Å². The highest BCUT2D eigenvalue weighted by Crippen LogP contribution is 2.27. The molecule has 0 spiro atoms. The van der Waals surface area contributed by atoms with E-state index in [4.69, 9.17) is 0 Å². The molecule has 0 atom stereocenters. The molecule has 22 heavy (non-hydrogen) atoms. The fourth-order valence-corrected chi connectivity index (χ4v) is 2.20. The highest BCUT2D eigenvalue weighted by Gasteiger charge is 2.20. The van der Waals surface area contributed by atoms with Gasteiger partial charge >= 0.3 is 0 Å². The number of anilines is 1. The van der Waals surface area contributed by atoms with Crippen LogP contribution in [-0.4, -0.2) is 16.4 Å². The topological polar surface area (TPSA) is 89.5 Å². The average molecular weight is 301 g/mol. The first-order valence-electron chi connectivity index (χ1n) is 6.74. The fourth-order valence-electron chi connectivity index (χ4n) is 2.20. The second-order valence-electron chi connectivity index (χ2n) is 4.68. The maximum atomic E-state index is 11.2. The first kappa shape index (κ1) is 15.4. The lowest BCUT2D eigenvalue weighted by Crippen LogP contribution is -2.22. The van der Waals surface area contributed by atoms with Crippen LogP contribution in [0, 0.1) is 20.2 Å². The molecule has 0 saturated carbocycles. The van der Waals surface area contributed by atoms with Gasteiger partial charge in [-0.25, -0.2) is 0 Å². The monoisotopic (exact) mass is 301 g/mol. The molecule has 0 amide bonds. The van der Waals surface area contributed by atoms with E-state index >= 15 is 0 Å². The molecule has 7 nitrogen and oxygen atoms in total. The second kappa shape index (κ2) is 6.66. The van der Waals surface area contributed by atoms with E-state index in [0.717, 1.165) is 11.8 Å². The van der Waals surface area contributed by atoms with Crippen LogP contribution in [0.25, 0.3) is 0 Å². The quantitative estimate of drug-likeness (QED) is 0.601. The maximum absolute atomic E-state index is 11.2. The second-order valence-corrected chi connectivity index (χ2v) is 4.68. The molecule has 0 N–H and O–H groups in total. The Labute approximate surface area is 127 Å². The number of para-hydroxylation sites is 1. The molecule has 7 heteroatoms. The molecule has 2 aromatic carbocycles. The molecule has 0 fully saturated rings. The summed E-state index contributed by atoms with van der Waals surface area (Å²) in [7, 11) is 0. The standard InChI is InChI=1S/C15H15N3O4/c1-2-16(13-6-4-3-5-7-13)11-12-8-9-14(17(19)20)10-15(12)18(21)22/h3-10H,2,11H2,1H3. The van der Waals surface area contributed by atoms with Crippen LogP contribution >= 0.6 is 0 Å². The summed E-state index contributed by atoms with van der Waals surface area (Å²) in [5.74, 6) is 0. The number of nitrogens with zero attached hydrogens (tertiary/aromatic N) is 3. The van der Waals surface area contributed by atoms with E-state index < -0.39 is 9.85 Å². The van der Waals surface area contributed by atoms with Gasteiger partial charge in [0.2, 0.25) is 0 Å². The first-order chi connectivity index (χ1) is 10.5. The SMILES string of the molecule is CCN(Cc1ccc([N+](=O)[O-])cc1[N+](=O)[O-])c1ccccc1. The zero-order chi connectivity index (χ0) is 16.1. The normalized spacial score (nSPS) is 10.2. The van der Waals surface area contributed by atoms with E-state index in [-0.39, 0.29) is 11.4 Å². The van der Waals surface area contributed by atoms with Crippen molar-refractivity contribution in [1.29, 1.82) is 0 Å². The van der Waals surface area contributed by atoms with Crippen molar-refractivity contribution >= 4 is 17.1 Å². The molecule has 0 aromatic heterocycles. The van der Waals surface area contributed by atoms with Crippen molar-refractivity contribution in [3.63, 3.8) is 0 Å². The Morgan fingerprint density at radius 2 is 1.68 bits per heavy atom. The summed E-state index contributed by atoms with van der Waals surface area (Å²) in [4.78, 5) is 22.7. The molecular formula is C15H15N3O4. The smallest absolute Gasteiger partial charge is 0.281 e. The number of non-ortho nitro benzene ring substituents is 1. The minimum absolute atomic E-state index is 0.233. The Bertz CT molecular complexity index is 688. The van der Waals surface area contributed by atoms with E-state index in [1.165, 1.54) is 12.1 Å². The van der Waals surface area contributed by atoms with Crippen molar-refractivity contribution in [2.45, 2.75) is 13.5 Å². The summed E-state index contributed by atoms with van der Waals surface area (Å²) in [6.45, 7) is 2.93. The number of rotatable bonds is 6. The number of hydrogen-bond donors (Lipinski definition) is 0. The van der Waals surface area contributed by atoms with Gasteiger partial charge in [-0.3, -0.25) is 20.2 Å². The minimum Gasteiger partial charge on any atom is -0.367 e. The molecule has 0 radical (unpaired) electrons. The third kappa shape index (κ3) is 3.38. The summed E-state index contributed by atoms with van der Waals surface area (Å²) >= 11 is 0. The Hall–Kier alpha value is -2.96. The van der Waals surface area contributed by atoms with Crippen LogP contribution in [0.5, 0.6) is 0 Å². The minimum atomic E-state index is -0.633. The Balaban J connectivity index is 2.35. The van der Waals surface area contributed by atoms with Gasteiger partial charge in [-0.15, -0.1) is 0 Å². The molecule has 0 aliphatic heterocycles. The van der Waals surface area contributed by atoms with Gasteiger partial charge in [-0.2, -0.15) is 0 Å². The van der Waals surface area contributed by atoms with Gasteiger partial charge in [0.25, 0.3) is 11.4 Å². The van der Waals surface area contributed by atoms with Crippen LogP contribution in [-0.2, 0) is 6.54 Å². The lowest BCUT2D eigenvalue weighted by atomic mass is 10.1. The molecule has 0 saturated heterocycles. The van der Waals surface area contributed by atoms with Crippen LogP contribution in [0.15, 0.2) is 48.5 Å². The molecule has 0 aliphatic carbocycles. The number of nitro groups is 2. The molecule has 0 bridgehead atoms. The van der Waals surface area contributed by atoms with Crippen LogP contribution in [0.1, 0.15) is 12.5 Å². The molecule has 0 aliphatic rings. The van der Waals surface area contributed by atoms with Crippen molar-refractivity contribution in [3.05, 3.63) is 74.3 Å². The zero-order valence-corrected chi connectivity index (χ0v) is 12.0. The van der Waals surface area contributed by atoms with Crippen LogP contribution in [0.4, 0.5) is 17.1 Å². The highest BCUT2D eigenvalue weighted by atomic mass is 16.6. The van der Waals surface area contributed by atoms with E-state index in [0.29, 0.717) is 18.7 Å². The van der Waals surface area contributed by atoms with Crippen molar-refractivity contribution in [2.75, 3.05) is 11.4 Å². The molecule has 0 heterocycles. The van der Waals surface area contributed by atoms with Crippen molar-refractivity contribution in [3.8, 4) is 0 Å². The van der Waals surface area contributed by atoms with E-state index in [1.807, 2.05) is 42.2 Å². The summed E-state index contributed by atoms with van der Waals surface area (Å²) in [6, 6.07) is 13.3. The Kier molecular flexibility index (Phi) is 4.67. The summed E-state index contributed by atoms with van der Waals surface area (Å²) < 4.78 is 0. The molecule has 114 valence electrons. The maximum Gasteiger partial charge on any atom is 0.281 e. The first-order valence-corrected chi connectivity index (χ1v) is 6.74. The van der Waals surface area contributed by atoms with Gasteiger partial charge in [0.15, 0.2) is 0 Å². The molecular weight excluding hydrogens is 286 g/mol. The third-order valence-corrected chi connectivity index (χ3v) is 3.34. The average Bonchev–Trinajstić information content (AvgIpc) is 2.53. The molecule has 2 rings (SSSR count). The van der Waals surface area contributed by atoms with E-state index in [9.17, 15) is 20.2 Å². The van der Waals surface area contributed by atoms with Crippen molar-refractivity contribution in [1.82, 2.24) is 0 Å². The van der Waals surface area contributed by atoms with Gasteiger partial charge in [-0.1, -0.05) is 18.2 Å². The van der Waals surface area contributed by atoms with Crippen LogP contribution in [0.2, 0.25) is 0 Å². The van der Waals surface area contributed by atoms with Crippen molar-refractivity contribution in [2.24, 2.45) is 0 Å². The lowest BCUT2D eigenvalue weighted by molar-refractivity contribution is -0.394. The van der Waals surface area contributed by atoms with Crippen LogP contribution in [0.3, 0.4) is 0 Å². The Morgan fingerprint density at radius 1 is 1.00 bits per heavy atom. The van der Waals surface area contributed by atoms with Gasteiger partial charge in [0, 0.05) is 30.4 Å². The van der Waals surface area contributed by atoms with Crippen molar-refractivity contribution < 1.29 is 9.85 Å². The van der Waals surface area contributed by atoms with Crippen LogP contribution < -0.4 is 4.90 Å². The fraction of sp³-hybridized carbons (Fsp3) is 0.200. The highest BCUT2D eigenvalue weighted by molar-refractivity contribution is 5.53. The Morgan fingerprint density at radius 3 is 2.23 bits per heavy atom. The predicted molar refractivity (Wildman–Crippen MR) is 82.9 cm³/mol. The number of benzene rings is 2. The lowest BCUT2D eigenvalue weighted by Gasteiger charge is -2.23. The van der Waals surface area contributed by atoms with Gasteiger partial charge in [0.05, 0.1) is 15.9 Å². The largest absolute Gasteiger partial charge is 0.367 e.